The lowest BCUT2D eigenvalue weighted by atomic mass is 9.86. The van der Waals surface area contributed by atoms with Gasteiger partial charge in [-0.25, -0.2) is 0 Å². The topological polar surface area (TPSA) is 55.2 Å². The smallest absolute Gasteiger partial charge is 0.317 e. The second kappa shape index (κ2) is 6.38. The van der Waals surface area contributed by atoms with Crippen LogP contribution in [0.25, 0.3) is 5.57 Å². The van der Waals surface area contributed by atoms with Gasteiger partial charge in [0.2, 0.25) is 0 Å². The number of hydrogen-bond acceptors (Lipinski definition) is 3. The van der Waals surface area contributed by atoms with Gasteiger partial charge >= 0.3 is 5.66 Å². The van der Waals surface area contributed by atoms with Crippen LogP contribution in [0.3, 0.4) is 0 Å². The number of halogens is 1. The van der Waals surface area contributed by atoms with E-state index in [0.717, 1.165) is 10.0 Å². The number of rotatable bonds is 4. The van der Waals surface area contributed by atoms with Crippen LogP contribution in [0.15, 0.2) is 77.3 Å². The van der Waals surface area contributed by atoms with E-state index >= 15 is 0 Å². The summed E-state index contributed by atoms with van der Waals surface area (Å²) in [6.07, 6.45) is 5.78. The van der Waals surface area contributed by atoms with Gasteiger partial charge < -0.3 is 5.32 Å². The number of allylic oxidation sites excluding steroid dienone is 2. The fourth-order valence-electron chi connectivity index (χ4n) is 2.75. The summed E-state index contributed by atoms with van der Waals surface area (Å²) in [7, 11) is 0. The van der Waals surface area contributed by atoms with Crippen molar-refractivity contribution >= 4 is 27.2 Å². The van der Waals surface area contributed by atoms with E-state index < -0.39 is 5.66 Å². The number of anilines is 1. The highest BCUT2D eigenvalue weighted by molar-refractivity contribution is 9.10. The highest BCUT2D eigenvalue weighted by Gasteiger charge is 2.47. The van der Waals surface area contributed by atoms with Crippen LogP contribution in [-0.2, 0) is 0 Å². The zero-order valence-corrected chi connectivity index (χ0v) is 13.9. The van der Waals surface area contributed by atoms with Gasteiger partial charge in [-0.2, -0.15) is 0 Å². The molecule has 4 nitrogen and oxygen atoms in total. The standard InChI is InChI=1S/C18H15BrN2O2/c19-15-9-6-10-16(13-15)20-18(21(22)23)12-5-4-11-17(18)14-7-2-1-3-8-14/h1-11,13,20H,12H2. The van der Waals surface area contributed by atoms with Crippen molar-refractivity contribution in [3.05, 3.63) is 93.0 Å². The summed E-state index contributed by atoms with van der Waals surface area (Å²) < 4.78 is 0.873. The van der Waals surface area contributed by atoms with Crippen LogP contribution in [-0.4, -0.2) is 10.6 Å². The monoisotopic (exact) mass is 370 g/mol. The lowest BCUT2D eigenvalue weighted by Gasteiger charge is -2.30. The molecular weight excluding hydrogens is 356 g/mol. The lowest BCUT2D eigenvalue weighted by Crippen LogP contribution is -2.47. The lowest BCUT2D eigenvalue weighted by molar-refractivity contribution is -0.542. The van der Waals surface area contributed by atoms with Gasteiger partial charge in [0.1, 0.15) is 0 Å². The maximum atomic E-state index is 12.0. The normalized spacial score (nSPS) is 20.0. The third-order valence-electron chi connectivity index (χ3n) is 3.83. The van der Waals surface area contributed by atoms with Crippen LogP contribution < -0.4 is 5.32 Å². The van der Waals surface area contributed by atoms with Crippen molar-refractivity contribution in [3.8, 4) is 0 Å². The molecule has 0 aliphatic heterocycles. The molecule has 0 saturated carbocycles. The molecule has 5 heteroatoms. The molecular formula is C18H15BrN2O2. The highest BCUT2D eigenvalue weighted by Crippen LogP contribution is 2.37. The second-order valence-corrected chi connectivity index (χ2v) is 6.25. The molecule has 0 fully saturated rings. The van der Waals surface area contributed by atoms with Crippen molar-refractivity contribution < 1.29 is 4.92 Å². The van der Waals surface area contributed by atoms with E-state index in [4.69, 9.17) is 0 Å². The van der Waals surface area contributed by atoms with Crippen LogP contribution in [0.2, 0.25) is 0 Å². The van der Waals surface area contributed by atoms with Gasteiger partial charge in [0, 0.05) is 10.2 Å². The summed E-state index contributed by atoms with van der Waals surface area (Å²) >= 11 is 3.40. The van der Waals surface area contributed by atoms with Crippen LogP contribution in [0.4, 0.5) is 5.69 Å². The zero-order valence-electron chi connectivity index (χ0n) is 12.3. The van der Waals surface area contributed by atoms with Crippen LogP contribution >= 0.6 is 15.9 Å². The molecule has 0 bridgehead atoms. The predicted molar refractivity (Wildman–Crippen MR) is 95.7 cm³/mol. The van der Waals surface area contributed by atoms with Crippen molar-refractivity contribution in [2.24, 2.45) is 0 Å². The summed E-state index contributed by atoms with van der Waals surface area (Å²) in [6, 6.07) is 16.9. The fourth-order valence-corrected chi connectivity index (χ4v) is 3.14. The molecule has 0 saturated heterocycles. The van der Waals surface area contributed by atoms with Crippen molar-refractivity contribution in [1.82, 2.24) is 0 Å². The van der Waals surface area contributed by atoms with Gasteiger partial charge in [-0.1, -0.05) is 64.5 Å². The molecule has 2 aromatic rings. The summed E-state index contributed by atoms with van der Waals surface area (Å²) in [5.74, 6) is 0. The Kier molecular flexibility index (Phi) is 4.30. The average molecular weight is 371 g/mol. The third-order valence-corrected chi connectivity index (χ3v) is 4.32. The Hall–Kier alpha value is -2.40. The van der Waals surface area contributed by atoms with Crippen LogP contribution in [0, 0.1) is 10.1 Å². The quantitative estimate of drug-likeness (QED) is 0.474. The van der Waals surface area contributed by atoms with E-state index in [1.165, 1.54) is 0 Å². The fraction of sp³-hybridized carbons (Fsp3) is 0.111. The molecule has 0 amide bonds. The van der Waals surface area contributed by atoms with Gasteiger partial charge in [-0.3, -0.25) is 10.1 Å². The van der Waals surface area contributed by atoms with Gasteiger partial charge in [-0.05, 0) is 29.8 Å². The van der Waals surface area contributed by atoms with E-state index in [9.17, 15) is 10.1 Å². The molecule has 2 aromatic carbocycles. The van der Waals surface area contributed by atoms with Gasteiger partial charge in [0.15, 0.2) is 0 Å². The summed E-state index contributed by atoms with van der Waals surface area (Å²) in [4.78, 5) is 11.8. The Balaban J connectivity index is 2.07. The Morgan fingerprint density at radius 1 is 1.13 bits per heavy atom. The van der Waals surface area contributed by atoms with E-state index in [1.807, 2.05) is 72.8 Å². The number of nitrogens with zero attached hydrogens (tertiary/aromatic N) is 1. The number of benzene rings is 2. The first-order valence-corrected chi connectivity index (χ1v) is 8.02. The molecule has 0 spiro atoms. The molecule has 0 heterocycles. The molecule has 0 radical (unpaired) electrons. The van der Waals surface area contributed by atoms with E-state index in [1.54, 1.807) is 0 Å². The Labute approximate surface area is 142 Å². The first-order chi connectivity index (χ1) is 11.1. The third kappa shape index (κ3) is 3.05. The van der Waals surface area contributed by atoms with Crippen LogP contribution in [0.5, 0.6) is 0 Å². The van der Waals surface area contributed by atoms with Crippen molar-refractivity contribution in [1.29, 1.82) is 0 Å². The summed E-state index contributed by atoms with van der Waals surface area (Å²) in [5.41, 5.74) is 0.825. The molecule has 1 atom stereocenters. The van der Waals surface area contributed by atoms with Crippen molar-refractivity contribution in [3.63, 3.8) is 0 Å². The highest BCUT2D eigenvalue weighted by atomic mass is 79.9. The minimum atomic E-state index is -1.38. The maximum absolute atomic E-state index is 12.0. The molecule has 3 rings (SSSR count). The van der Waals surface area contributed by atoms with Crippen molar-refractivity contribution in [2.75, 3.05) is 5.32 Å². The number of nitro groups is 1. The Bertz CT molecular complexity index is 787. The molecule has 23 heavy (non-hydrogen) atoms. The van der Waals surface area contributed by atoms with E-state index in [2.05, 4.69) is 21.2 Å². The van der Waals surface area contributed by atoms with Crippen molar-refractivity contribution in [2.45, 2.75) is 12.1 Å². The Morgan fingerprint density at radius 3 is 2.61 bits per heavy atom. The number of nitrogens with one attached hydrogen (secondary N) is 1. The average Bonchev–Trinajstić information content (AvgIpc) is 2.56. The van der Waals surface area contributed by atoms with Gasteiger partial charge in [0.25, 0.3) is 0 Å². The van der Waals surface area contributed by atoms with Gasteiger partial charge in [-0.15, -0.1) is 0 Å². The number of hydrogen-bond donors (Lipinski definition) is 1. The summed E-state index contributed by atoms with van der Waals surface area (Å²) in [6.45, 7) is 0. The molecule has 1 unspecified atom stereocenters. The largest absolute Gasteiger partial charge is 0.323 e. The zero-order chi connectivity index (χ0) is 16.3. The van der Waals surface area contributed by atoms with Crippen LogP contribution in [0.1, 0.15) is 12.0 Å². The maximum Gasteiger partial charge on any atom is 0.323 e. The SMILES string of the molecule is O=[N+]([O-])C1(Nc2cccc(Br)c2)CC=CC=C1c1ccccc1. The Morgan fingerprint density at radius 2 is 1.91 bits per heavy atom. The molecule has 0 aromatic heterocycles. The first-order valence-electron chi connectivity index (χ1n) is 7.23. The van der Waals surface area contributed by atoms with E-state index in [-0.39, 0.29) is 11.3 Å². The van der Waals surface area contributed by atoms with E-state index in [0.29, 0.717) is 11.3 Å². The molecule has 116 valence electrons. The minimum Gasteiger partial charge on any atom is -0.317 e. The minimum absolute atomic E-state index is 0.240. The molecule has 1 N–H and O–H groups in total. The molecule has 1 aliphatic carbocycles. The second-order valence-electron chi connectivity index (χ2n) is 5.33. The van der Waals surface area contributed by atoms with Gasteiger partial charge in [0.05, 0.1) is 16.9 Å². The summed E-state index contributed by atoms with van der Waals surface area (Å²) in [5, 5.41) is 15.1. The predicted octanol–water partition coefficient (Wildman–Crippen LogP) is 4.88. The molecule has 1 aliphatic rings. The first kappa shape index (κ1) is 15.5.